The zero-order valence-corrected chi connectivity index (χ0v) is 15.4. The summed E-state index contributed by atoms with van der Waals surface area (Å²) >= 11 is 6.07. The molecule has 1 aliphatic rings. The summed E-state index contributed by atoms with van der Waals surface area (Å²) in [5, 5.41) is 13.7. The summed E-state index contributed by atoms with van der Waals surface area (Å²) in [6.45, 7) is 4.24. The molecule has 0 aromatic heterocycles. The number of benzene rings is 2. The van der Waals surface area contributed by atoms with Crippen molar-refractivity contribution in [3.05, 3.63) is 65.2 Å². The number of piperazine rings is 1. The van der Waals surface area contributed by atoms with Crippen molar-refractivity contribution in [1.29, 1.82) is 0 Å². The van der Waals surface area contributed by atoms with E-state index in [1.807, 2.05) is 42.5 Å². The lowest BCUT2D eigenvalue weighted by Crippen LogP contribution is -2.49. The topological polar surface area (TPSA) is 55.8 Å². The van der Waals surface area contributed by atoms with Gasteiger partial charge in [-0.1, -0.05) is 54.1 Å². The van der Waals surface area contributed by atoms with E-state index in [2.05, 4.69) is 15.1 Å². The fraction of sp³-hybridized carbons (Fsp3) is 0.350. The molecule has 1 atom stereocenters. The SMILES string of the molecule is O=C(CN1CCN(C[C@H](O)c2ccccc2)CC1)Nc1ccccc1Cl. The van der Waals surface area contributed by atoms with E-state index < -0.39 is 6.10 Å². The summed E-state index contributed by atoms with van der Waals surface area (Å²) in [4.78, 5) is 16.6. The quantitative estimate of drug-likeness (QED) is 0.817. The predicted molar refractivity (Wildman–Crippen MR) is 104 cm³/mol. The van der Waals surface area contributed by atoms with Crippen LogP contribution in [-0.2, 0) is 4.79 Å². The van der Waals surface area contributed by atoms with E-state index in [0.29, 0.717) is 23.8 Å². The highest BCUT2D eigenvalue weighted by Crippen LogP contribution is 2.20. The lowest BCUT2D eigenvalue weighted by molar-refractivity contribution is -0.117. The molecule has 1 fully saturated rings. The molecule has 3 rings (SSSR count). The molecule has 0 radical (unpaired) electrons. The van der Waals surface area contributed by atoms with Crippen LogP contribution in [-0.4, -0.2) is 60.1 Å². The number of nitrogens with one attached hydrogen (secondary N) is 1. The third-order valence-electron chi connectivity index (χ3n) is 4.60. The van der Waals surface area contributed by atoms with Crippen molar-refractivity contribution in [2.24, 2.45) is 0 Å². The fourth-order valence-corrected chi connectivity index (χ4v) is 3.29. The van der Waals surface area contributed by atoms with Gasteiger partial charge < -0.3 is 10.4 Å². The van der Waals surface area contributed by atoms with Crippen molar-refractivity contribution in [2.45, 2.75) is 6.10 Å². The summed E-state index contributed by atoms with van der Waals surface area (Å²) < 4.78 is 0. The Morgan fingerprint density at radius 3 is 2.31 bits per heavy atom. The van der Waals surface area contributed by atoms with Gasteiger partial charge in [0.2, 0.25) is 5.91 Å². The van der Waals surface area contributed by atoms with Gasteiger partial charge in [0.1, 0.15) is 0 Å². The number of para-hydroxylation sites is 1. The first-order chi connectivity index (χ1) is 12.6. The van der Waals surface area contributed by atoms with Gasteiger partial charge in [-0.2, -0.15) is 0 Å². The van der Waals surface area contributed by atoms with Crippen LogP contribution in [0.15, 0.2) is 54.6 Å². The summed E-state index contributed by atoms with van der Waals surface area (Å²) in [5.41, 5.74) is 1.58. The Morgan fingerprint density at radius 2 is 1.62 bits per heavy atom. The number of nitrogens with zero attached hydrogens (tertiary/aromatic N) is 2. The number of carbonyl (C=O) groups is 1. The molecule has 6 heteroatoms. The van der Waals surface area contributed by atoms with E-state index in [0.717, 1.165) is 31.7 Å². The minimum absolute atomic E-state index is 0.0594. The van der Waals surface area contributed by atoms with Crippen LogP contribution < -0.4 is 5.32 Å². The fourth-order valence-electron chi connectivity index (χ4n) is 3.11. The first-order valence-electron chi connectivity index (χ1n) is 8.84. The number of halogens is 1. The molecule has 2 N–H and O–H groups in total. The monoisotopic (exact) mass is 373 g/mol. The molecule has 138 valence electrons. The molecule has 1 saturated heterocycles. The van der Waals surface area contributed by atoms with Crippen LogP contribution in [0.4, 0.5) is 5.69 Å². The van der Waals surface area contributed by atoms with E-state index in [1.165, 1.54) is 0 Å². The lowest BCUT2D eigenvalue weighted by Gasteiger charge is -2.35. The van der Waals surface area contributed by atoms with Crippen LogP contribution in [0.2, 0.25) is 5.02 Å². The average molecular weight is 374 g/mol. The lowest BCUT2D eigenvalue weighted by atomic mass is 10.1. The number of β-amino-alcohol motifs (C(OH)–C–C–N with tert-alkyl or cyclic N) is 1. The standard InChI is InChI=1S/C20H24ClN3O2/c21-17-8-4-5-9-18(17)22-20(26)15-24-12-10-23(11-13-24)14-19(25)16-6-2-1-3-7-16/h1-9,19,25H,10-15H2,(H,22,26)/t19-/m0/s1. The number of aliphatic hydroxyl groups is 1. The molecule has 1 aliphatic heterocycles. The zero-order chi connectivity index (χ0) is 18.4. The van der Waals surface area contributed by atoms with Crippen LogP contribution in [0.3, 0.4) is 0 Å². The molecule has 0 unspecified atom stereocenters. The van der Waals surface area contributed by atoms with Crippen molar-refractivity contribution in [2.75, 3.05) is 44.6 Å². The van der Waals surface area contributed by atoms with Crippen molar-refractivity contribution in [1.82, 2.24) is 9.80 Å². The first kappa shape index (κ1) is 18.9. The van der Waals surface area contributed by atoms with Gasteiger partial charge in [0.15, 0.2) is 0 Å². The molecule has 0 saturated carbocycles. The second-order valence-electron chi connectivity index (χ2n) is 6.53. The number of hydrogen-bond acceptors (Lipinski definition) is 4. The Labute approximate surface area is 159 Å². The highest BCUT2D eigenvalue weighted by Gasteiger charge is 2.21. The van der Waals surface area contributed by atoms with Gasteiger partial charge >= 0.3 is 0 Å². The third-order valence-corrected chi connectivity index (χ3v) is 4.93. The van der Waals surface area contributed by atoms with Crippen LogP contribution >= 0.6 is 11.6 Å². The number of carbonyl (C=O) groups excluding carboxylic acids is 1. The minimum Gasteiger partial charge on any atom is -0.387 e. The number of anilines is 1. The molecule has 5 nitrogen and oxygen atoms in total. The Balaban J connectivity index is 1.42. The molecule has 2 aromatic rings. The predicted octanol–water partition coefficient (Wildman–Crippen LogP) is 2.63. The maximum Gasteiger partial charge on any atom is 0.238 e. The van der Waals surface area contributed by atoms with Gasteiger partial charge in [-0.3, -0.25) is 14.6 Å². The largest absolute Gasteiger partial charge is 0.387 e. The van der Waals surface area contributed by atoms with Crippen LogP contribution in [0.5, 0.6) is 0 Å². The normalized spacial score (nSPS) is 17.0. The number of amides is 1. The van der Waals surface area contributed by atoms with Crippen LogP contribution in [0, 0.1) is 0 Å². The highest BCUT2D eigenvalue weighted by atomic mass is 35.5. The number of rotatable bonds is 6. The van der Waals surface area contributed by atoms with Gasteiger partial charge in [0.05, 0.1) is 23.4 Å². The van der Waals surface area contributed by atoms with E-state index in [-0.39, 0.29) is 5.91 Å². The maximum atomic E-state index is 12.2. The highest BCUT2D eigenvalue weighted by molar-refractivity contribution is 6.33. The second-order valence-corrected chi connectivity index (χ2v) is 6.94. The van der Waals surface area contributed by atoms with Crippen molar-refractivity contribution in [3.8, 4) is 0 Å². The minimum atomic E-state index is -0.480. The Bertz CT molecular complexity index is 718. The molecule has 0 aliphatic carbocycles. The third kappa shape index (κ3) is 5.29. The first-order valence-corrected chi connectivity index (χ1v) is 9.22. The van der Waals surface area contributed by atoms with Crippen LogP contribution in [0.1, 0.15) is 11.7 Å². The summed E-state index contributed by atoms with van der Waals surface area (Å²) in [6, 6.07) is 16.9. The molecule has 1 amide bonds. The van der Waals surface area contributed by atoms with Crippen molar-refractivity contribution >= 4 is 23.2 Å². The van der Waals surface area contributed by atoms with Crippen molar-refractivity contribution in [3.63, 3.8) is 0 Å². The van der Waals surface area contributed by atoms with E-state index in [9.17, 15) is 9.90 Å². The average Bonchev–Trinajstić information content (AvgIpc) is 2.66. The molecular formula is C20H24ClN3O2. The number of hydrogen-bond donors (Lipinski definition) is 2. The molecular weight excluding hydrogens is 350 g/mol. The van der Waals surface area contributed by atoms with Gasteiger partial charge in [0, 0.05) is 32.7 Å². The molecule has 0 bridgehead atoms. The zero-order valence-electron chi connectivity index (χ0n) is 14.6. The Kier molecular flexibility index (Phi) is 6.63. The van der Waals surface area contributed by atoms with Crippen LogP contribution in [0.25, 0.3) is 0 Å². The molecule has 26 heavy (non-hydrogen) atoms. The maximum absolute atomic E-state index is 12.2. The van der Waals surface area contributed by atoms with Gasteiger partial charge in [0.25, 0.3) is 0 Å². The summed E-state index contributed by atoms with van der Waals surface area (Å²) in [7, 11) is 0. The molecule has 0 spiro atoms. The summed E-state index contributed by atoms with van der Waals surface area (Å²) in [6.07, 6.45) is -0.480. The van der Waals surface area contributed by atoms with E-state index in [1.54, 1.807) is 12.1 Å². The van der Waals surface area contributed by atoms with Gasteiger partial charge in [-0.15, -0.1) is 0 Å². The van der Waals surface area contributed by atoms with Gasteiger partial charge in [-0.05, 0) is 17.7 Å². The van der Waals surface area contributed by atoms with E-state index in [4.69, 9.17) is 11.6 Å². The Morgan fingerprint density at radius 1 is 1.00 bits per heavy atom. The summed E-state index contributed by atoms with van der Waals surface area (Å²) in [5.74, 6) is -0.0594. The second kappa shape index (κ2) is 9.14. The van der Waals surface area contributed by atoms with Gasteiger partial charge in [-0.25, -0.2) is 0 Å². The Hall–Kier alpha value is -1.92. The number of aliphatic hydroxyl groups excluding tert-OH is 1. The van der Waals surface area contributed by atoms with E-state index >= 15 is 0 Å². The van der Waals surface area contributed by atoms with Crippen molar-refractivity contribution < 1.29 is 9.90 Å². The smallest absolute Gasteiger partial charge is 0.238 e. The molecule has 2 aromatic carbocycles. The molecule has 1 heterocycles.